The highest BCUT2D eigenvalue weighted by Crippen LogP contribution is 2.22. The minimum atomic E-state index is -1.09. The number of ether oxygens (including phenoxy) is 1. The summed E-state index contributed by atoms with van der Waals surface area (Å²) in [7, 11) is 0. The summed E-state index contributed by atoms with van der Waals surface area (Å²) in [6.07, 6.45) is 2.71. The first-order chi connectivity index (χ1) is 9.61. The first kappa shape index (κ1) is 13.8. The molecule has 5 nitrogen and oxygen atoms in total. The second-order valence-corrected chi connectivity index (χ2v) is 4.29. The Balaban J connectivity index is 2.18. The number of pyridine rings is 1. The number of hydrogen-bond acceptors (Lipinski definition) is 4. The number of benzene rings is 1. The molecule has 1 aromatic heterocycles. The number of nitrogens with zero attached hydrogens (tertiary/aromatic N) is 2. The molecule has 0 fully saturated rings. The Bertz CT molecular complexity index is 695. The van der Waals surface area contributed by atoms with Gasteiger partial charge in [0.15, 0.2) is 5.75 Å². The van der Waals surface area contributed by atoms with Crippen molar-refractivity contribution in [3.8, 4) is 11.8 Å². The maximum absolute atomic E-state index is 11.0. The van der Waals surface area contributed by atoms with E-state index in [1.54, 1.807) is 12.1 Å². The average molecular weight is 289 g/mol. The van der Waals surface area contributed by atoms with E-state index in [0.717, 1.165) is 0 Å². The second kappa shape index (κ2) is 6.04. The maximum atomic E-state index is 11.0. The lowest BCUT2D eigenvalue weighted by Gasteiger charge is -2.09. The van der Waals surface area contributed by atoms with Crippen LogP contribution < -0.4 is 4.74 Å². The van der Waals surface area contributed by atoms with Crippen molar-refractivity contribution in [1.82, 2.24) is 4.98 Å². The monoisotopic (exact) mass is 288 g/mol. The van der Waals surface area contributed by atoms with Gasteiger partial charge in [0.2, 0.25) is 0 Å². The molecule has 1 aromatic carbocycles. The average Bonchev–Trinajstić information content (AvgIpc) is 2.46. The Labute approximate surface area is 120 Å². The minimum absolute atomic E-state index is 0.0322. The Kier molecular flexibility index (Phi) is 4.18. The maximum Gasteiger partial charge on any atom is 0.339 e. The normalized spacial score (nSPS) is 9.80. The van der Waals surface area contributed by atoms with Gasteiger partial charge in [-0.2, -0.15) is 5.26 Å². The van der Waals surface area contributed by atoms with Crippen LogP contribution in [-0.4, -0.2) is 16.1 Å². The van der Waals surface area contributed by atoms with Crippen molar-refractivity contribution in [2.45, 2.75) is 6.61 Å². The van der Waals surface area contributed by atoms with Crippen LogP contribution in [0, 0.1) is 11.3 Å². The molecule has 0 bridgehead atoms. The standard InChI is InChI=1S/C14H9ClN2O3/c15-12-5-9(6-16)1-2-10(12)8-20-13-7-17-4-3-11(13)14(18)19/h1-5,7H,8H2,(H,18,19). The number of hydrogen-bond donors (Lipinski definition) is 1. The SMILES string of the molecule is N#Cc1ccc(COc2cnccc2C(=O)O)c(Cl)c1. The van der Waals surface area contributed by atoms with Crippen molar-refractivity contribution in [1.29, 1.82) is 5.26 Å². The van der Waals surface area contributed by atoms with E-state index in [1.165, 1.54) is 24.5 Å². The molecule has 0 aliphatic heterocycles. The van der Waals surface area contributed by atoms with E-state index in [-0.39, 0.29) is 17.9 Å². The van der Waals surface area contributed by atoms with Crippen molar-refractivity contribution in [2.75, 3.05) is 0 Å². The van der Waals surface area contributed by atoms with Gasteiger partial charge in [0.25, 0.3) is 0 Å². The zero-order valence-corrected chi connectivity index (χ0v) is 11.0. The van der Waals surface area contributed by atoms with Crippen molar-refractivity contribution in [3.05, 3.63) is 58.4 Å². The molecule has 1 heterocycles. The molecular weight excluding hydrogens is 280 g/mol. The quantitative estimate of drug-likeness (QED) is 0.935. The van der Waals surface area contributed by atoms with Crippen LogP contribution in [0.1, 0.15) is 21.5 Å². The molecule has 20 heavy (non-hydrogen) atoms. The number of carboxylic acids is 1. The minimum Gasteiger partial charge on any atom is -0.486 e. The van der Waals surface area contributed by atoms with Crippen LogP contribution in [0.25, 0.3) is 0 Å². The fraction of sp³-hybridized carbons (Fsp3) is 0.0714. The second-order valence-electron chi connectivity index (χ2n) is 3.88. The van der Waals surface area contributed by atoms with Crippen molar-refractivity contribution >= 4 is 17.6 Å². The Morgan fingerprint density at radius 2 is 2.25 bits per heavy atom. The molecular formula is C14H9ClN2O3. The molecule has 6 heteroatoms. The molecule has 100 valence electrons. The van der Waals surface area contributed by atoms with Crippen molar-refractivity contribution in [2.24, 2.45) is 0 Å². The summed E-state index contributed by atoms with van der Waals surface area (Å²) in [5.41, 5.74) is 1.14. The van der Waals surface area contributed by atoms with Gasteiger partial charge in [-0.05, 0) is 18.2 Å². The molecule has 0 atom stereocenters. The van der Waals surface area contributed by atoms with Crippen LogP contribution >= 0.6 is 11.6 Å². The third-order valence-electron chi connectivity index (χ3n) is 2.58. The van der Waals surface area contributed by atoms with E-state index >= 15 is 0 Å². The van der Waals surface area contributed by atoms with Gasteiger partial charge in [0.1, 0.15) is 12.2 Å². The van der Waals surface area contributed by atoms with E-state index in [2.05, 4.69) is 4.98 Å². The lowest BCUT2D eigenvalue weighted by Crippen LogP contribution is -2.04. The number of aromatic nitrogens is 1. The van der Waals surface area contributed by atoms with Gasteiger partial charge in [-0.25, -0.2) is 4.79 Å². The van der Waals surface area contributed by atoms with Gasteiger partial charge >= 0.3 is 5.97 Å². The molecule has 2 rings (SSSR count). The molecule has 0 aliphatic carbocycles. The summed E-state index contributed by atoms with van der Waals surface area (Å²) in [6, 6.07) is 8.15. The van der Waals surface area contributed by atoms with Crippen LogP contribution in [0.5, 0.6) is 5.75 Å². The van der Waals surface area contributed by atoms with Crippen LogP contribution in [0.15, 0.2) is 36.7 Å². The number of rotatable bonds is 4. The van der Waals surface area contributed by atoms with E-state index in [0.29, 0.717) is 16.1 Å². The van der Waals surface area contributed by atoms with Crippen LogP contribution in [0.4, 0.5) is 0 Å². The van der Waals surface area contributed by atoms with Gasteiger partial charge in [-0.3, -0.25) is 4.98 Å². The Hall–Kier alpha value is -2.58. The predicted octanol–water partition coefficient (Wildman–Crippen LogP) is 2.88. The topological polar surface area (TPSA) is 83.2 Å². The fourth-order valence-corrected chi connectivity index (χ4v) is 1.80. The van der Waals surface area contributed by atoms with Crippen molar-refractivity contribution < 1.29 is 14.6 Å². The Morgan fingerprint density at radius 1 is 1.45 bits per heavy atom. The number of aromatic carboxylic acids is 1. The highest BCUT2D eigenvalue weighted by Gasteiger charge is 2.11. The lowest BCUT2D eigenvalue weighted by molar-refractivity contribution is 0.0691. The predicted molar refractivity (Wildman–Crippen MR) is 71.7 cm³/mol. The van der Waals surface area contributed by atoms with Crippen LogP contribution in [0.3, 0.4) is 0 Å². The summed E-state index contributed by atoms with van der Waals surface area (Å²) in [6.45, 7) is 0.0938. The molecule has 2 aromatic rings. The third-order valence-corrected chi connectivity index (χ3v) is 2.93. The van der Waals surface area contributed by atoms with E-state index in [4.69, 9.17) is 26.7 Å². The van der Waals surface area contributed by atoms with Gasteiger partial charge in [0, 0.05) is 16.8 Å². The summed E-state index contributed by atoms with van der Waals surface area (Å²) in [5, 5.41) is 18.2. The first-order valence-electron chi connectivity index (χ1n) is 5.60. The number of carbonyl (C=O) groups is 1. The fourth-order valence-electron chi connectivity index (χ4n) is 1.56. The summed E-state index contributed by atoms with van der Waals surface area (Å²) in [4.78, 5) is 14.8. The summed E-state index contributed by atoms with van der Waals surface area (Å²) in [5.74, 6) is -0.922. The smallest absolute Gasteiger partial charge is 0.339 e. The molecule has 0 radical (unpaired) electrons. The van der Waals surface area contributed by atoms with Gasteiger partial charge in [-0.1, -0.05) is 17.7 Å². The molecule has 0 aliphatic rings. The van der Waals surface area contributed by atoms with Crippen LogP contribution in [0.2, 0.25) is 5.02 Å². The molecule has 1 N–H and O–H groups in total. The molecule has 0 spiro atoms. The van der Waals surface area contributed by atoms with E-state index < -0.39 is 5.97 Å². The van der Waals surface area contributed by atoms with Gasteiger partial charge < -0.3 is 9.84 Å². The zero-order valence-electron chi connectivity index (χ0n) is 10.2. The number of nitriles is 1. The number of halogens is 1. The first-order valence-corrected chi connectivity index (χ1v) is 5.98. The molecule has 0 saturated carbocycles. The lowest BCUT2D eigenvalue weighted by atomic mass is 10.1. The summed E-state index contributed by atoms with van der Waals surface area (Å²) < 4.78 is 5.43. The largest absolute Gasteiger partial charge is 0.486 e. The van der Waals surface area contributed by atoms with E-state index in [9.17, 15) is 4.79 Å². The van der Waals surface area contributed by atoms with Gasteiger partial charge in [-0.15, -0.1) is 0 Å². The zero-order chi connectivity index (χ0) is 14.5. The molecule has 0 saturated heterocycles. The number of carboxylic acid groups (broad SMARTS) is 1. The molecule has 0 unspecified atom stereocenters. The Morgan fingerprint density at radius 3 is 2.90 bits per heavy atom. The van der Waals surface area contributed by atoms with Crippen LogP contribution in [-0.2, 0) is 6.61 Å². The van der Waals surface area contributed by atoms with E-state index in [1.807, 2.05) is 6.07 Å². The third kappa shape index (κ3) is 3.05. The summed E-state index contributed by atoms with van der Waals surface area (Å²) >= 11 is 6.01. The highest BCUT2D eigenvalue weighted by atomic mass is 35.5. The molecule has 0 amide bonds. The van der Waals surface area contributed by atoms with Crippen molar-refractivity contribution in [3.63, 3.8) is 0 Å². The van der Waals surface area contributed by atoms with Gasteiger partial charge in [0.05, 0.1) is 17.8 Å². The highest BCUT2D eigenvalue weighted by molar-refractivity contribution is 6.31.